The zero-order valence-corrected chi connectivity index (χ0v) is 18.2. The van der Waals surface area contributed by atoms with Crippen molar-refractivity contribution in [2.24, 2.45) is 0 Å². The smallest absolute Gasteiger partial charge is 0.241 e. The molecule has 29 heavy (non-hydrogen) atoms. The summed E-state index contributed by atoms with van der Waals surface area (Å²) >= 11 is 11.9. The van der Waals surface area contributed by atoms with Gasteiger partial charge in [-0.1, -0.05) is 23.2 Å². The molecular formula is C19H21Cl2N3O4S. The van der Waals surface area contributed by atoms with E-state index in [0.717, 1.165) is 5.56 Å². The molecule has 0 heterocycles. The molecule has 0 radical (unpaired) electrons. The van der Waals surface area contributed by atoms with E-state index in [4.69, 9.17) is 23.2 Å². The number of anilines is 1. The number of carbonyl (C=O) groups is 2. The fourth-order valence-electron chi connectivity index (χ4n) is 2.51. The molecule has 0 aliphatic heterocycles. The summed E-state index contributed by atoms with van der Waals surface area (Å²) in [5.41, 5.74) is 1.33. The lowest BCUT2D eigenvalue weighted by atomic mass is 10.1. The van der Waals surface area contributed by atoms with Crippen LogP contribution in [0.3, 0.4) is 0 Å². The average Bonchev–Trinajstić information content (AvgIpc) is 2.60. The Bertz CT molecular complexity index is 975. The van der Waals surface area contributed by atoms with Crippen LogP contribution in [0.15, 0.2) is 47.4 Å². The standard InChI is InChI=1S/C19H21Cl2N3O4S/c1-12(19(26)22-8-7-14-9-15(20)11-16(21)10-14)24-29(27,28)18-5-3-17(4-6-18)23-13(2)25/h3-6,9-12,24H,7-8H2,1-2H3,(H,22,26)(H,23,25)/t12-/m0/s1. The van der Waals surface area contributed by atoms with Gasteiger partial charge < -0.3 is 10.6 Å². The zero-order valence-electron chi connectivity index (χ0n) is 15.8. The largest absolute Gasteiger partial charge is 0.354 e. The van der Waals surface area contributed by atoms with Gasteiger partial charge >= 0.3 is 0 Å². The number of hydrogen-bond donors (Lipinski definition) is 3. The monoisotopic (exact) mass is 457 g/mol. The Hall–Kier alpha value is -2.13. The number of hydrogen-bond acceptors (Lipinski definition) is 4. The van der Waals surface area contributed by atoms with Crippen LogP contribution in [-0.4, -0.2) is 32.8 Å². The minimum absolute atomic E-state index is 0.0141. The van der Waals surface area contributed by atoms with Crippen molar-refractivity contribution >= 4 is 50.7 Å². The maximum Gasteiger partial charge on any atom is 0.241 e. The summed E-state index contributed by atoms with van der Waals surface area (Å²) < 4.78 is 27.2. The number of nitrogens with one attached hydrogen (secondary N) is 3. The molecule has 0 unspecified atom stereocenters. The van der Waals surface area contributed by atoms with E-state index in [1.165, 1.54) is 38.1 Å². The Balaban J connectivity index is 1.91. The first-order chi connectivity index (χ1) is 13.6. The summed E-state index contributed by atoms with van der Waals surface area (Å²) in [5, 5.41) is 6.23. The molecule has 7 nitrogen and oxygen atoms in total. The number of halogens is 2. The molecule has 0 bridgehead atoms. The second-order valence-corrected chi connectivity index (χ2v) is 8.95. The van der Waals surface area contributed by atoms with Gasteiger partial charge in [-0.15, -0.1) is 0 Å². The van der Waals surface area contributed by atoms with Crippen LogP contribution in [-0.2, 0) is 26.0 Å². The van der Waals surface area contributed by atoms with Crippen LogP contribution < -0.4 is 15.4 Å². The number of benzene rings is 2. The normalized spacial score (nSPS) is 12.3. The van der Waals surface area contributed by atoms with Gasteiger partial charge in [0, 0.05) is 29.2 Å². The van der Waals surface area contributed by atoms with Gasteiger partial charge in [0.15, 0.2) is 0 Å². The molecule has 1 atom stereocenters. The van der Waals surface area contributed by atoms with E-state index >= 15 is 0 Å². The fourth-order valence-corrected chi connectivity index (χ4v) is 4.29. The summed E-state index contributed by atoms with van der Waals surface area (Å²) in [6.45, 7) is 3.11. The molecule has 0 aromatic heterocycles. The Kier molecular flexibility index (Phi) is 8.04. The van der Waals surface area contributed by atoms with Crippen LogP contribution >= 0.6 is 23.2 Å². The Labute approximate surface area is 179 Å². The molecule has 2 rings (SSSR count). The van der Waals surface area contributed by atoms with Crippen molar-refractivity contribution in [3.63, 3.8) is 0 Å². The number of sulfonamides is 1. The second-order valence-electron chi connectivity index (χ2n) is 6.37. The summed E-state index contributed by atoms with van der Waals surface area (Å²) in [4.78, 5) is 23.2. The van der Waals surface area contributed by atoms with E-state index in [1.807, 2.05) is 0 Å². The van der Waals surface area contributed by atoms with Crippen LogP contribution in [0.1, 0.15) is 19.4 Å². The van der Waals surface area contributed by atoms with Crippen molar-refractivity contribution < 1.29 is 18.0 Å². The molecular weight excluding hydrogens is 437 g/mol. The summed E-state index contributed by atoms with van der Waals surface area (Å²) in [7, 11) is -3.90. The first kappa shape index (κ1) is 23.2. The van der Waals surface area contributed by atoms with Gasteiger partial charge in [0.25, 0.3) is 0 Å². The highest BCUT2D eigenvalue weighted by Crippen LogP contribution is 2.19. The lowest BCUT2D eigenvalue weighted by molar-refractivity contribution is -0.122. The SMILES string of the molecule is CC(=O)Nc1ccc(S(=O)(=O)N[C@@H](C)C(=O)NCCc2cc(Cl)cc(Cl)c2)cc1. The van der Waals surface area contributed by atoms with Gasteiger partial charge in [-0.2, -0.15) is 4.72 Å². The third-order valence-electron chi connectivity index (χ3n) is 3.85. The zero-order chi connectivity index (χ0) is 21.6. The van der Waals surface area contributed by atoms with E-state index in [1.54, 1.807) is 18.2 Å². The molecule has 2 amide bonds. The van der Waals surface area contributed by atoms with Gasteiger partial charge in [0.1, 0.15) is 0 Å². The molecule has 2 aromatic rings. The highest BCUT2D eigenvalue weighted by Gasteiger charge is 2.21. The van der Waals surface area contributed by atoms with Gasteiger partial charge in [-0.3, -0.25) is 9.59 Å². The number of carbonyl (C=O) groups excluding carboxylic acids is 2. The molecule has 3 N–H and O–H groups in total. The quantitative estimate of drug-likeness (QED) is 0.566. The molecule has 0 aliphatic carbocycles. The third kappa shape index (κ3) is 7.32. The molecule has 156 valence electrons. The molecule has 0 saturated carbocycles. The second kappa shape index (κ2) is 10.1. The first-order valence-corrected chi connectivity index (χ1v) is 10.9. The van der Waals surface area contributed by atoms with Gasteiger partial charge in [0.2, 0.25) is 21.8 Å². The van der Waals surface area contributed by atoms with Crippen LogP contribution in [0.25, 0.3) is 0 Å². The van der Waals surface area contributed by atoms with Crippen molar-refractivity contribution in [3.05, 3.63) is 58.1 Å². The van der Waals surface area contributed by atoms with Crippen molar-refractivity contribution in [3.8, 4) is 0 Å². The molecule has 2 aromatic carbocycles. The van der Waals surface area contributed by atoms with Gasteiger partial charge in [0.05, 0.1) is 10.9 Å². The number of rotatable bonds is 8. The maximum absolute atomic E-state index is 12.4. The van der Waals surface area contributed by atoms with E-state index < -0.39 is 22.0 Å². The number of amides is 2. The molecule has 0 saturated heterocycles. The third-order valence-corrected chi connectivity index (χ3v) is 5.84. The van der Waals surface area contributed by atoms with Crippen molar-refractivity contribution in [1.82, 2.24) is 10.0 Å². The van der Waals surface area contributed by atoms with Crippen LogP contribution in [0, 0.1) is 0 Å². The van der Waals surface area contributed by atoms with Crippen LogP contribution in [0.5, 0.6) is 0 Å². The van der Waals surface area contributed by atoms with Crippen molar-refractivity contribution in [2.75, 3.05) is 11.9 Å². The van der Waals surface area contributed by atoms with Crippen molar-refractivity contribution in [2.45, 2.75) is 31.2 Å². The van der Waals surface area contributed by atoms with E-state index in [0.29, 0.717) is 28.7 Å². The fraction of sp³-hybridized carbons (Fsp3) is 0.263. The Morgan fingerprint density at radius 1 is 1.03 bits per heavy atom. The van der Waals surface area contributed by atoms with Crippen LogP contribution in [0.2, 0.25) is 10.0 Å². The molecule has 10 heteroatoms. The van der Waals surface area contributed by atoms with Crippen LogP contribution in [0.4, 0.5) is 5.69 Å². The summed E-state index contributed by atoms with van der Waals surface area (Å²) in [5.74, 6) is -0.722. The lowest BCUT2D eigenvalue weighted by Gasteiger charge is -2.15. The summed E-state index contributed by atoms with van der Waals surface area (Å²) in [6, 6.07) is 9.77. The first-order valence-electron chi connectivity index (χ1n) is 8.69. The predicted molar refractivity (Wildman–Crippen MR) is 114 cm³/mol. The highest BCUT2D eigenvalue weighted by molar-refractivity contribution is 7.89. The van der Waals surface area contributed by atoms with Gasteiger partial charge in [-0.05, 0) is 61.4 Å². The predicted octanol–water partition coefficient (Wildman–Crippen LogP) is 2.98. The Morgan fingerprint density at radius 2 is 1.62 bits per heavy atom. The average molecular weight is 458 g/mol. The highest BCUT2D eigenvalue weighted by atomic mass is 35.5. The van der Waals surface area contributed by atoms with E-state index in [9.17, 15) is 18.0 Å². The lowest BCUT2D eigenvalue weighted by Crippen LogP contribution is -2.45. The Morgan fingerprint density at radius 3 is 2.17 bits per heavy atom. The van der Waals surface area contributed by atoms with E-state index in [2.05, 4.69) is 15.4 Å². The topological polar surface area (TPSA) is 104 Å². The summed E-state index contributed by atoms with van der Waals surface area (Å²) in [6.07, 6.45) is 0.496. The van der Waals surface area contributed by atoms with Gasteiger partial charge in [-0.25, -0.2) is 8.42 Å². The minimum atomic E-state index is -3.90. The van der Waals surface area contributed by atoms with Crippen molar-refractivity contribution in [1.29, 1.82) is 0 Å². The molecule has 0 fully saturated rings. The minimum Gasteiger partial charge on any atom is -0.354 e. The molecule has 0 aliphatic rings. The van der Waals surface area contributed by atoms with E-state index in [-0.39, 0.29) is 10.8 Å². The molecule has 0 spiro atoms. The maximum atomic E-state index is 12.4.